The van der Waals surface area contributed by atoms with Gasteiger partial charge in [-0.25, -0.2) is 9.78 Å². The fourth-order valence-electron chi connectivity index (χ4n) is 4.84. The van der Waals surface area contributed by atoms with Crippen LogP contribution >= 0.6 is 23.1 Å². The number of amides is 3. The fraction of sp³-hybridized carbons (Fsp3) is 0.429. The van der Waals surface area contributed by atoms with Gasteiger partial charge in [0, 0.05) is 36.3 Å². The number of oxime groups is 1. The van der Waals surface area contributed by atoms with Gasteiger partial charge in [0.2, 0.25) is 5.91 Å². The van der Waals surface area contributed by atoms with Crippen molar-refractivity contribution in [3.63, 3.8) is 0 Å². The van der Waals surface area contributed by atoms with E-state index < -0.39 is 41.0 Å². The summed E-state index contributed by atoms with van der Waals surface area (Å²) < 4.78 is 0. The number of hydrogen-bond donors (Lipinski definition) is 6. The lowest BCUT2D eigenvalue weighted by Gasteiger charge is -2.49. The van der Waals surface area contributed by atoms with E-state index in [0.29, 0.717) is 37.2 Å². The number of aliphatic carboxylic acids is 1. The molecule has 5 heterocycles. The van der Waals surface area contributed by atoms with Crippen LogP contribution in [0.5, 0.6) is 0 Å². The zero-order chi connectivity index (χ0) is 26.4. The van der Waals surface area contributed by atoms with Crippen LogP contribution in [0.3, 0.4) is 0 Å². The zero-order valence-electron chi connectivity index (χ0n) is 19.2. The molecule has 1 aromatic rings. The van der Waals surface area contributed by atoms with Gasteiger partial charge in [0.05, 0.1) is 12.1 Å². The summed E-state index contributed by atoms with van der Waals surface area (Å²) in [6.45, 7) is 1.29. The molecule has 0 bridgehead atoms. The van der Waals surface area contributed by atoms with Crippen LogP contribution in [0.2, 0.25) is 0 Å². The van der Waals surface area contributed by atoms with Crippen LogP contribution in [0.1, 0.15) is 12.1 Å². The summed E-state index contributed by atoms with van der Waals surface area (Å²) in [6, 6.07) is -1.39. The van der Waals surface area contributed by atoms with Crippen molar-refractivity contribution in [1.82, 2.24) is 25.4 Å². The summed E-state index contributed by atoms with van der Waals surface area (Å²) in [5.74, 6) is -2.91. The summed E-state index contributed by atoms with van der Waals surface area (Å²) in [5, 5.41) is 38.7. The number of nitrogens with zero attached hydrogens (tertiary/aromatic N) is 4. The van der Waals surface area contributed by atoms with Crippen molar-refractivity contribution in [3.05, 3.63) is 34.0 Å². The molecule has 3 fully saturated rings. The highest BCUT2D eigenvalue weighted by Gasteiger charge is 2.54. The van der Waals surface area contributed by atoms with Gasteiger partial charge in [0.1, 0.15) is 22.8 Å². The first-order chi connectivity index (χ1) is 17.7. The second kappa shape index (κ2) is 9.77. The Morgan fingerprint density at radius 3 is 2.73 bits per heavy atom. The minimum absolute atomic E-state index is 0.0404. The highest BCUT2D eigenvalue weighted by Crippen LogP contribution is 2.41. The summed E-state index contributed by atoms with van der Waals surface area (Å²) in [7, 11) is 0. The first-order valence-corrected chi connectivity index (χ1v) is 13.2. The average molecular weight is 550 g/mol. The van der Waals surface area contributed by atoms with E-state index >= 15 is 0 Å². The van der Waals surface area contributed by atoms with Gasteiger partial charge in [-0.2, -0.15) is 0 Å². The number of nitrogens with two attached hydrogens (primary N) is 1. The van der Waals surface area contributed by atoms with Crippen molar-refractivity contribution in [2.24, 2.45) is 5.16 Å². The third kappa shape index (κ3) is 4.35. The first kappa shape index (κ1) is 25.2. The molecule has 5 rings (SSSR count). The number of nitrogen functional groups attached to an aromatic ring is 1. The molecule has 1 aromatic heterocycles. The number of carboxylic acid groups (broad SMARTS) is 1. The van der Waals surface area contributed by atoms with Crippen molar-refractivity contribution >= 4 is 57.6 Å². The van der Waals surface area contributed by atoms with E-state index in [0.717, 1.165) is 16.2 Å². The summed E-state index contributed by atoms with van der Waals surface area (Å²) in [5.41, 5.74) is 5.66. The number of rotatable bonds is 6. The SMILES string of the molecule is Nc1nc(C(=NO)C(=O)N[C@@H]2C(=O)N3C(C(=O)O)=C(C=C4CCN(C5CNCC5O)C4=O)CS[C@H]23)cs1. The van der Waals surface area contributed by atoms with Crippen LogP contribution in [0.25, 0.3) is 0 Å². The molecule has 0 spiro atoms. The van der Waals surface area contributed by atoms with Gasteiger partial charge in [-0.1, -0.05) is 5.16 Å². The van der Waals surface area contributed by atoms with E-state index in [1.807, 2.05) is 0 Å². The van der Waals surface area contributed by atoms with Gasteiger partial charge in [-0.15, -0.1) is 23.1 Å². The minimum atomic E-state index is -1.33. The van der Waals surface area contributed by atoms with E-state index in [1.165, 1.54) is 23.2 Å². The molecule has 3 saturated heterocycles. The Bertz CT molecular complexity index is 1280. The number of likely N-dealkylation sites (tertiary alicyclic amines) is 1. The predicted molar refractivity (Wildman–Crippen MR) is 132 cm³/mol. The molecular formula is C21H23N7O7S2. The quantitative estimate of drug-likeness (QED) is 0.0761. The Morgan fingerprint density at radius 2 is 2.11 bits per heavy atom. The van der Waals surface area contributed by atoms with Crippen molar-refractivity contribution in [3.8, 4) is 0 Å². The van der Waals surface area contributed by atoms with Gasteiger partial charge in [-0.05, 0) is 18.1 Å². The topological polar surface area (TPSA) is 211 Å². The standard InChI is InChI=1S/C21H23N7O7S2/c22-21-24-10(7-37-21)13(26-35)16(30)25-14-18(32)28-15(20(33)34)9(6-36-19(14)28)3-8-1-2-27(17(8)31)11-4-23-5-12(11)29/h3,7,11-12,14,19,23,29,35H,1-2,4-6H2,(H2,22,24)(H,25,30)(H,33,34)/t11?,12?,14-,19-/m1/s1. The number of fused-ring (bicyclic) bond motifs is 1. The third-order valence-electron chi connectivity index (χ3n) is 6.62. The number of anilines is 1. The molecule has 0 aromatic carbocycles. The van der Waals surface area contributed by atoms with E-state index in [2.05, 4.69) is 20.8 Å². The number of aromatic nitrogens is 1. The fourth-order valence-corrected chi connectivity index (χ4v) is 6.69. The van der Waals surface area contributed by atoms with Crippen molar-refractivity contribution in [1.29, 1.82) is 0 Å². The number of aliphatic hydroxyl groups excluding tert-OH is 1. The number of carbonyl (C=O) groups is 4. The number of aliphatic hydroxyl groups is 1. The minimum Gasteiger partial charge on any atom is -0.477 e. The van der Waals surface area contributed by atoms with Gasteiger partial charge in [-0.3, -0.25) is 19.3 Å². The monoisotopic (exact) mass is 549 g/mol. The Hall–Kier alpha value is -3.47. The second-order valence-corrected chi connectivity index (χ2v) is 10.8. The van der Waals surface area contributed by atoms with E-state index in [-0.39, 0.29) is 34.2 Å². The highest BCUT2D eigenvalue weighted by molar-refractivity contribution is 8.00. The van der Waals surface area contributed by atoms with Crippen LogP contribution in [0.4, 0.5) is 5.13 Å². The molecule has 16 heteroatoms. The average Bonchev–Trinajstić information content (AvgIpc) is 3.58. The maximum absolute atomic E-state index is 13.0. The molecule has 4 atom stereocenters. The van der Waals surface area contributed by atoms with Crippen molar-refractivity contribution in [2.75, 3.05) is 31.1 Å². The summed E-state index contributed by atoms with van der Waals surface area (Å²) in [6.07, 6.45) is 1.24. The van der Waals surface area contributed by atoms with Gasteiger partial charge < -0.3 is 36.7 Å². The maximum atomic E-state index is 13.0. The number of nitrogens with one attached hydrogen (secondary N) is 2. The van der Waals surface area contributed by atoms with Crippen LogP contribution in [-0.2, 0) is 19.2 Å². The van der Waals surface area contributed by atoms with Crippen molar-refractivity contribution < 1.29 is 34.6 Å². The Labute approximate surface area is 217 Å². The molecule has 0 saturated carbocycles. The summed E-state index contributed by atoms with van der Waals surface area (Å²) in [4.78, 5) is 57.3. The molecule has 4 aliphatic rings. The number of carbonyl (C=O) groups excluding carboxylic acids is 3. The normalized spacial score (nSPS) is 29.1. The second-order valence-electron chi connectivity index (χ2n) is 8.77. The largest absolute Gasteiger partial charge is 0.477 e. The molecule has 2 unspecified atom stereocenters. The number of β-amino-alcohol motifs (C(OH)–C–C–N with tert-alkyl or cyclic N) is 1. The molecule has 37 heavy (non-hydrogen) atoms. The lowest BCUT2D eigenvalue weighted by atomic mass is 10.0. The smallest absolute Gasteiger partial charge is 0.352 e. The number of thioether (sulfide) groups is 1. The predicted octanol–water partition coefficient (Wildman–Crippen LogP) is -1.87. The number of allylic oxidation sites excluding steroid dienone is 1. The molecule has 196 valence electrons. The van der Waals surface area contributed by atoms with Crippen LogP contribution < -0.4 is 16.4 Å². The molecule has 0 aliphatic carbocycles. The summed E-state index contributed by atoms with van der Waals surface area (Å²) >= 11 is 2.28. The molecule has 0 radical (unpaired) electrons. The lowest BCUT2D eigenvalue weighted by molar-refractivity contribution is -0.150. The lowest BCUT2D eigenvalue weighted by Crippen LogP contribution is -2.71. The first-order valence-electron chi connectivity index (χ1n) is 11.3. The number of β-lactam (4-membered cyclic amide) rings is 1. The Kier molecular flexibility index (Phi) is 6.65. The number of thiazole rings is 1. The van der Waals surface area contributed by atoms with Gasteiger partial charge in [0.25, 0.3) is 11.8 Å². The molecule has 14 nitrogen and oxygen atoms in total. The Balaban J connectivity index is 1.33. The van der Waals surface area contributed by atoms with Crippen molar-refractivity contribution in [2.45, 2.75) is 30.0 Å². The van der Waals surface area contributed by atoms with E-state index in [9.17, 15) is 34.6 Å². The van der Waals surface area contributed by atoms with Crippen LogP contribution in [0.15, 0.2) is 33.5 Å². The van der Waals surface area contributed by atoms with Gasteiger partial charge >= 0.3 is 5.97 Å². The van der Waals surface area contributed by atoms with Crippen LogP contribution in [-0.4, -0.2) is 109 Å². The zero-order valence-corrected chi connectivity index (χ0v) is 20.8. The maximum Gasteiger partial charge on any atom is 0.352 e. The number of hydrogen-bond acceptors (Lipinski definition) is 12. The highest BCUT2D eigenvalue weighted by atomic mass is 32.2. The Morgan fingerprint density at radius 1 is 1.32 bits per heavy atom. The third-order valence-corrected chi connectivity index (χ3v) is 8.60. The molecule has 4 aliphatic heterocycles. The van der Waals surface area contributed by atoms with Crippen LogP contribution in [0, 0.1) is 0 Å². The number of carboxylic acids is 1. The van der Waals surface area contributed by atoms with E-state index in [4.69, 9.17) is 5.73 Å². The molecule has 3 amide bonds. The molecule has 7 N–H and O–H groups in total. The molecular weight excluding hydrogens is 526 g/mol. The van der Waals surface area contributed by atoms with Gasteiger partial charge in [0.15, 0.2) is 10.8 Å². The van der Waals surface area contributed by atoms with E-state index in [1.54, 1.807) is 4.90 Å².